The first-order valence-electron chi connectivity index (χ1n) is 11.2. The topological polar surface area (TPSA) is 87.9 Å². The summed E-state index contributed by atoms with van der Waals surface area (Å²) in [6, 6.07) is 15.4. The van der Waals surface area contributed by atoms with Gasteiger partial charge in [-0.1, -0.05) is 24.3 Å². The van der Waals surface area contributed by atoms with Crippen molar-refractivity contribution in [3.63, 3.8) is 0 Å². The Morgan fingerprint density at radius 1 is 1.06 bits per heavy atom. The number of rotatable bonds is 7. The first kappa shape index (κ1) is 23.0. The van der Waals surface area contributed by atoms with E-state index < -0.39 is 21.8 Å². The second-order valence-electron chi connectivity index (χ2n) is 8.30. The SMILES string of the molecule is CCN(CC)c1ccc(CN(C(=O)c2cc(=O)c3ccccc3o2)[C@H]2CCS(=O)(=O)C2)cc1. The van der Waals surface area contributed by atoms with Crippen molar-refractivity contribution in [1.29, 1.82) is 0 Å². The lowest BCUT2D eigenvalue weighted by molar-refractivity contribution is 0.0648. The van der Waals surface area contributed by atoms with Gasteiger partial charge in [0, 0.05) is 37.4 Å². The molecule has 33 heavy (non-hydrogen) atoms. The van der Waals surface area contributed by atoms with Crippen molar-refractivity contribution in [2.24, 2.45) is 0 Å². The molecule has 3 aromatic rings. The van der Waals surface area contributed by atoms with Crippen LogP contribution in [-0.2, 0) is 16.4 Å². The highest BCUT2D eigenvalue weighted by Gasteiger charge is 2.36. The summed E-state index contributed by atoms with van der Waals surface area (Å²) >= 11 is 0. The van der Waals surface area contributed by atoms with Gasteiger partial charge in [0.05, 0.1) is 16.9 Å². The summed E-state index contributed by atoms with van der Waals surface area (Å²) in [7, 11) is -3.21. The van der Waals surface area contributed by atoms with E-state index in [2.05, 4.69) is 18.7 Å². The van der Waals surface area contributed by atoms with Crippen LogP contribution >= 0.6 is 0 Å². The normalized spacial score (nSPS) is 17.2. The number of carbonyl (C=O) groups is 1. The number of sulfone groups is 1. The van der Waals surface area contributed by atoms with Crippen LogP contribution in [0.5, 0.6) is 0 Å². The van der Waals surface area contributed by atoms with E-state index in [1.807, 2.05) is 24.3 Å². The predicted molar refractivity (Wildman–Crippen MR) is 129 cm³/mol. The number of para-hydroxylation sites is 1. The summed E-state index contributed by atoms with van der Waals surface area (Å²) in [4.78, 5) is 29.8. The Kier molecular flexibility index (Phi) is 6.56. The number of carbonyl (C=O) groups excluding carboxylic acids is 1. The molecule has 174 valence electrons. The van der Waals surface area contributed by atoms with Crippen LogP contribution in [0.4, 0.5) is 5.69 Å². The van der Waals surface area contributed by atoms with Gasteiger partial charge >= 0.3 is 0 Å². The van der Waals surface area contributed by atoms with E-state index in [4.69, 9.17) is 4.42 Å². The van der Waals surface area contributed by atoms with E-state index in [-0.39, 0.29) is 29.2 Å². The third-order valence-corrected chi connectivity index (χ3v) is 7.92. The Labute approximate surface area is 193 Å². The van der Waals surface area contributed by atoms with Gasteiger partial charge in [-0.25, -0.2) is 8.42 Å². The fraction of sp³-hybridized carbons (Fsp3) is 0.360. The molecule has 7 nitrogen and oxygen atoms in total. The van der Waals surface area contributed by atoms with Crippen molar-refractivity contribution in [1.82, 2.24) is 4.90 Å². The molecule has 4 rings (SSSR count). The van der Waals surface area contributed by atoms with Crippen LogP contribution in [0.2, 0.25) is 0 Å². The van der Waals surface area contributed by atoms with Crippen LogP contribution in [0.1, 0.15) is 36.4 Å². The number of anilines is 1. The van der Waals surface area contributed by atoms with E-state index >= 15 is 0 Å². The minimum Gasteiger partial charge on any atom is -0.451 e. The molecule has 0 spiro atoms. The van der Waals surface area contributed by atoms with Crippen molar-refractivity contribution in [2.45, 2.75) is 32.9 Å². The number of fused-ring (bicyclic) bond motifs is 1. The Balaban J connectivity index is 1.67. The minimum absolute atomic E-state index is 0.0456. The van der Waals surface area contributed by atoms with Crippen LogP contribution in [0.15, 0.2) is 63.8 Å². The first-order chi connectivity index (χ1) is 15.8. The zero-order valence-corrected chi connectivity index (χ0v) is 19.7. The minimum atomic E-state index is -3.21. The van der Waals surface area contributed by atoms with Gasteiger partial charge < -0.3 is 14.2 Å². The second-order valence-corrected chi connectivity index (χ2v) is 10.5. The molecule has 0 unspecified atom stereocenters. The van der Waals surface area contributed by atoms with E-state index in [1.54, 1.807) is 24.3 Å². The average molecular weight is 469 g/mol. The summed E-state index contributed by atoms with van der Waals surface area (Å²) in [5.74, 6) is -0.603. The number of benzene rings is 2. The van der Waals surface area contributed by atoms with E-state index in [0.29, 0.717) is 17.4 Å². The van der Waals surface area contributed by atoms with E-state index in [9.17, 15) is 18.0 Å². The molecule has 1 saturated heterocycles. The highest BCUT2D eigenvalue weighted by Crippen LogP contribution is 2.24. The fourth-order valence-electron chi connectivity index (χ4n) is 4.34. The van der Waals surface area contributed by atoms with Gasteiger partial charge in [-0.15, -0.1) is 0 Å². The van der Waals surface area contributed by atoms with Crippen molar-refractivity contribution in [3.8, 4) is 0 Å². The Bertz CT molecular complexity index is 1310. The molecule has 0 aliphatic carbocycles. The third kappa shape index (κ3) is 4.95. The lowest BCUT2D eigenvalue weighted by Gasteiger charge is -2.28. The molecule has 8 heteroatoms. The number of hydrogen-bond donors (Lipinski definition) is 0. The molecule has 1 aliphatic rings. The molecule has 0 bridgehead atoms. The summed E-state index contributed by atoms with van der Waals surface area (Å²) in [5, 5.41) is 0.399. The monoisotopic (exact) mass is 468 g/mol. The molecule has 1 fully saturated rings. The zero-order valence-electron chi connectivity index (χ0n) is 18.9. The van der Waals surface area contributed by atoms with Crippen molar-refractivity contribution in [3.05, 3.63) is 76.1 Å². The molecular weight excluding hydrogens is 440 g/mol. The van der Waals surface area contributed by atoms with Crippen molar-refractivity contribution >= 4 is 32.4 Å². The summed E-state index contributed by atoms with van der Waals surface area (Å²) in [6.07, 6.45) is 0.365. The second kappa shape index (κ2) is 9.39. The average Bonchev–Trinajstić information content (AvgIpc) is 3.18. The number of nitrogens with zero attached hydrogens (tertiary/aromatic N) is 2. The quantitative estimate of drug-likeness (QED) is 0.528. The lowest BCUT2D eigenvalue weighted by Crippen LogP contribution is -2.41. The molecule has 2 heterocycles. The molecule has 1 aliphatic heterocycles. The van der Waals surface area contributed by atoms with Gasteiger partial charge in [0.15, 0.2) is 21.0 Å². The van der Waals surface area contributed by atoms with E-state index in [1.165, 1.54) is 11.0 Å². The van der Waals surface area contributed by atoms with Crippen LogP contribution in [0.25, 0.3) is 11.0 Å². The van der Waals surface area contributed by atoms with Gasteiger partial charge in [0.25, 0.3) is 5.91 Å². The van der Waals surface area contributed by atoms with Crippen molar-refractivity contribution in [2.75, 3.05) is 29.5 Å². The standard InChI is InChI=1S/C25H28N2O5S/c1-3-26(4-2)19-11-9-18(10-12-19)16-27(20-13-14-33(30,31)17-20)25(29)24-15-22(28)21-7-5-6-8-23(21)32-24/h5-12,15,20H,3-4,13-14,16-17H2,1-2H3/t20-/m0/s1. The smallest absolute Gasteiger partial charge is 0.290 e. The zero-order chi connectivity index (χ0) is 23.6. The van der Waals surface area contributed by atoms with Gasteiger partial charge in [-0.3, -0.25) is 9.59 Å². The molecule has 0 saturated carbocycles. The highest BCUT2D eigenvalue weighted by molar-refractivity contribution is 7.91. The Morgan fingerprint density at radius 2 is 1.76 bits per heavy atom. The largest absolute Gasteiger partial charge is 0.451 e. The molecular formula is C25H28N2O5S. The molecule has 0 N–H and O–H groups in total. The molecule has 2 aromatic carbocycles. The van der Waals surface area contributed by atoms with E-state index in [0.717, 1.165) is 24.3 Å². The van der Waals surface area contributed by atoms with Crippen LogP contribution < -0.4 is 10.3 Å². The summed E-state index contributed by atoms with van der Waals surface area (Å²) in [6.45, 7) is 6.20. The maximum atomic E-state index is 13.5. The number of hydrogen-bond acceptors (Lipinski definition) is 6. The third-order valence-electron chi connectivity index (χ3n) is 6.17. The summed E-state index contributed by atoms with van der Waals surface area (Å²) < 4.78 is 30.1. The highest BCUT2D eigenvalue weighted by atomic mass is 32.2. The molecule has 1 atom stereocenters. The predicted octanol–water partition coefficient (Wildman–Crippen LogP) is 3.47. The van der Waals surface area contributed by atoms with Crippen molar-refractivity contribution < 1.29 is 17.6 Å². The maximum absolute atomic E-state index is 13.5. The molecule has 1 aromatic heterocycles. The van der Waals surface area contributed by atoms with Gasteiger partial charge in [-0.2, -0.15) is 0 Å². The van der Waals surface area contributed by atoms with Crippen LogP contribution in [0, 0.1) is 0 Å². The summed E-state index contributed by atoms with van der Waals surface area (Å²) in [5.41, 5.74) is 2.00. The van der Waals surface area contributed by atoms with Gasteiger partial charge in [-0.05, 0) is 50.1 Å². The Hall–Kier alpha value is -3.13. The first-order valence-corrected chi connectivity index (χ1v) is 13.0. The maximum Gasteiger partial charge on any atom is 0.290 e. The van der Waals surface area contributed by atoms with Crippen LogP contribution in [0.3, 0.4) is 0 Å². The van der Waals surface area contributed by atoms with Gasteiger partial charge in [0.1, 0.15) is 5.58 Å². The van der Waals surface area contributed by atoms with Crippen LogP contribution in [-0.4, -0.2) is 49.9 Å². The lowest BCUT2D eigenvalue weighted by atomic mass is 10.1. The molecule has 1 amide bonds. The number of amides is 1. The Morgan fingerprint density at radius 3 is 2.39 bits per heavy atom. The van der Waals surface area contributed by atoms with Gasteiger partial charge in [0.2, 0.25) is 0 Å². The fourth-order valence-corrected chi connectivity index (χ4v) is 6.07. The molecule has 0 radical (unpaired) electrons.